The molecule has 0 amide bonds. The van der Waals surface area contributed by atoms with E-state index in [4.69, 9.17) is 10.8 Å². The zero-order chi connectivity index (χ0) is 16.0. The van der Waals surface area contributed by atoms with Crippen molar-refractivity contribution in [3.8, 4) is 0 Å². The van der Waals surface area contributed by atoms with Crippen LogP contribution in [-0.4, -0.2) is 21.6 Å². The van der Waals surface area contributed by atoms with Crippen LogP contribution in [0, 0.1) is 13.5 Å². The molecule has 114 valence electrons. The maximum atomic E-state index is 12.2. The summed E-state index contributed by atoms with van der Waals surface area (Å²) < 4.78 is 29.5. The van der Waals surface area contributed by atoms with E-state index in [1.54, 1.807) is 12.1 Å². The molecular weight excluding hydrogens is 298 g/mol. The Kier molecular flexibility index (Phi) is 5.31. The normalized spacial score (nSPS) is 12.5. The van der Waals surface area contributed by atoms with Crippen LogP contribution in [0.4, 0.5) is 0 Å². The Hall–Kier alpha value is -2.16. The van der Waals surface area contributed by atoms with Gasteiger partial charge in [-0.05, 0) is 24.6 Å². The van der Waals surface area contributed by atoms with Crippen LogP contribution in [-0.2, 0) is 14.3 Å². The fourth-order valence-electron chi connectivity index (χ4n) is 2.03. The van der Waals surface area contributed by atoms with Gasteiger partial charge in [0.15, 0.2) is 0 Å². The lowest BCUT2D eigenvalue weighted by Crippen LogP contribution is -2.15. The summed E-state index contributed by atoms with van der Waals surface area (Å²) in [4.78, 5) is 3.50. The van der Waals surface area contributed by atoms with Crippen molar-refractivity contribution in [3.63, 3.8) is 0 Å². The molecule has 0 fully saturated rings. The average Bonchev–Trinajstić information content (AvgIpc) is 2.53. The summed E-state index contributed by atoms with van der Waals surface area (Å²) >= 11 is 0. The monoisotopic (exact) mass is 315 g/mol. The van der Waals surface area contributed by atoms with Crippen molar-refractivity contribution in [1.82, 2.24) is 0 Å². The Balaban J connectivity index is 2.12. The molecule has 0 spiro atoms. The molecule has 5 heteroatoms. The van der Waals surface area contributed by atoms with Gasteiger partial charge in [-0.2, -0.15) is 8.42 Å². The Labute approximate surface area is 131 Å². The van der Waals surface area contributed by atoms with Gasteiger partial charge in [-0.1, -0.05) is 48.0 Å². The first-order valence-electron chi connectivity index (χ1n) is 6.87. The Bertz CT molecular complexity index is 747. The summed E-state index contributed by atoms with van der Waals surface area (Å²) in [5, 5.41) is 0. The molecule has 2 aromatic carbocycles. The predicted molar refractivity (Wildman–Crippen MR) is 85.0 cm³/mol. The Morgan fingerprint density at radius 2 is 1.73 bits per heavy atom. The minimum atomic E-state index is -3.80. The molecule has 0 saturated carbocycles. The Morgan fingerprint density at radius 1 is 1.09 bits per heavy atom. The maximum absolute atomic E-state index is 12.2. The molecule has 0 bridgehead atoms. The quantitative estimate of drug-likeness (QED) is 0.606. The summed E-state index contributed by atoms with van der Waals surface area (Å²) in [5.41, 5.74) is 1.88. The highest BCUT2D eigenvalue weighted by Gasteiger charge is 2.21. The highest BCUT2D eigenvalue weighted by molar-refractivity contribution is 7.86. The molecule has 4 nitrogen and oxygen atoms in total. The lowest BCUT2D eigenvalue weighted by molar-refractivity contribution is 0.297. The van der Waals surface area contributed by atoms with Crippen LogP contribution in [0.25, 0.3) is 4.85 Å². The molecule has 22 heavy (non-hydrogen) atoms. The van der Waals surface area contributed by atoms with Crippen molar-refractivity contribution >= 4 is 10.1 Å². The number of nitrogens with zero attached hydrogens (tertiary/aromatic N) is 1. The van der Waals surface area contributed by atoms with E-state index in [1.807, 2.05) is 37.3 Å². The number of hydrogen-bond acceptors (Lipinski definition) is 3. The van der Waals surface area contributed by atoms with Gasteiger partial charge in [0.05, 0.1) is 17.4 Å². The van der Waals surface area contributed by atoms with Gasteiger partial charge in [0.25, 0.3) is 10.1 Å². The standard InChI is InChI=1S/C17H17NO3S/c1-14-8-10-17(11-9-14)22(19,20)21-13-16(12-18-2)15-6-4-3-5-7-15/h3-11,16H,12-13H2,1H3. The van der Waals surface area contributed by atoms with Crippen molar-refractivity contribution in [2.24, 2.45) is 0 Å². The fraction of sp³-hybridized carbons (Fsp3) is 0.235. The van der Waals surface area contributed by atoms with E-state index in [-0.39, 0.29) is 24.0 Å². The lowest BCUT2D eigenvalue weighted by atomic mass is 10.0. The summed E-state index contributed by atoms with van der Waals surface area (Å²) in [5.74, 6) is -0.265. The lowest BCUT2D eigenvalue weighted by Gasteiger charge is -2.12. The van der Waals surface area contributed by atoms with Gasteiger partial charge >= 0.3 is 0 Å². The van der Waals surface area contributed by atoms with E-state index in [0.29, 0.717) is 0 Å². The van der Waals surface area contributed by atoms with E-state index < -0.39 is 10.1 Å². The smallest absolute Gasteiger partial charge is 0.296 e. The molecule has 1 unspecified atom stereocenters. The molecule has 0 N–H and O–H groups in total. The first-order valence-corrected chi connectivity index (χ1v) is 8.28. The molecule has 0 aromatic heterocycles. The first-order chi connectivity index (χ1) is 10.5. The molecule has 0 aliphatic carbocycles. The van der Waals surface area contributed by atoms with Crippen molar-refractivity contribution in [2.75, 3.05) is 13.2 Å². The minimum absolute atomic E-state index is 0.0391. The third kappa shape index (κ3) is 4.17. The predicted octanol–water partition coefficient (Wildman–Crippen LogP) is 3.40. The number of rotatable bonds is 6. The van der Waals surface area contributed by atoms with Gasteiger partial charge in [0.1, 0.15) is 0 Å². The van der Waals surface area contributed by atoms with Gasteiger partial charge in [0, 0.05) is 0 Å². The maximum Gasteiger partial charge on any atom is 0.296 e. The minimum Gasteiger partial charge on any atom is -0.316 e. The summed E-state index contributed by atoms with van der Waals surface area (Å²) in [6, 6.07) is 15.8. The van der Waals surface area contributed by atoms with Crippen LogP contribution in [0.15, 0.2) is 59.5 Å². The highest BCUT2D eigenvalue weighted by atomic mass is 32.2. The third-order valence-corrected chi connectivity index (χ3v) is 4.61. The zero-order valence-electron chi connectivity index (χ0n) is 12.3. The third-order valence-electron chi connectivity index (χ3n) is 3.32. The molecule has 1 atom stereocenters. The van der Waals surface area contributed by atoms with Crippen molar-refractivity contribution in [3.05, 3.63) is 77.1 Å². The van der Waals surface area contributed by atoms with Gasteiger partial charge in [0.2, 0.25) is 6.54 Å². The van der Waals surface area contributed by atoms with E-state index in [1.165, 1.54) is 12.1 Å². The molecule has 0 heterocycles. The number of hydrogen-bond donors (Lipinski definition) is 0. The van der Waals surface area contributed by atoms with E-state index >= 15 is 0 Å². The van der Waals surface area contributed by atoms with Crippen molar-refractivity contribution in [2.45, 2.75) is 17.7 Å². The van der Waals surface area contributed by atoms with Gasteiger partial charge in [-0.25, -0.2) is 6.57 Å². The average molecular weight is 315 g/mol. The topological polar surface area (TPSA) is 47.7 Å². The van der Waals surface area contributed by atoms with E-state index in [0.717, 1.165) is 11.1 Å². The summed E-state index contributed by atoms with van der Waals surface area (Å²) in [7, 11) is -3.80. The Morgan fingerprint density at radius 3 is 2.32 bits per heavy atom. The number of benzene rings is 2. The van der Waals surface area contributed by atoms with Crippen LogP contribution < -0.4 is 0 Å². The van der Waals surface area contributed by atoms with Gasteiger partial charge in [-0.3, -0.25) is 4.18 Å². The summed E-state index contributed by atoms with van der Waals surface area (Å²) in [6.45, 7) is 9.06. The number of aryl methyl sites for hydroxylation is 1. The molecule has 2 aromatic rings. The second-order valence-corrected chi connectivity index (χ2v) is 6.62. The van der Waals surface area contributed by atoms with Crippen molar-refractivity contribution in [1.29, 1.82) is 0 Å². The molecule has 0 radical (unpaired) electrons. The largest absolute Gasteiger partial charge is 0.316 e. The van der Waals surface area contributed by atoms with E-state index in [2.05, 4.69) is 4.85 Å². The van der Waals surface area contributed by atoms with E-state index in [9.17, 15) is 8.42 Å². The SMILES string of the molecule is [C-]#[N+]CC(COS(=O)(=O)c1ccc(C)cc1)c1ccccc1. The van der Waals surface area contributed by atoms with Crippen molar-refractivity contribution < 1.29 is 12.6 Å². The van der Waals surface area contributed by atoms with Crippen LogP contribution >= 0.6 is 0 Å². The molecule has 0 aliphatic rings. The second kappa shape index (κ2) is 7.21. The molecule has 0 saturated heterocycles. The van der Waals surface area contributed by atoms with Gasteiger partial charge in [-0.15, -0.1) is 0 Å². The molecule has 2 rings (SSSR count). The van der Waals surface area contributed by atoms with Crippen LogP contribution in [0.3, 0.4) is 0 Å². The second-order valence-electron chi connectivity index (χ2n) is 5.00. The first kappa shape index (κ1) is 16.2. The summed E-state index contributed by atoms with van der Waals surface area (Å²) in [6.07, 6.45) is 0. The zero-order valence-corrected chi connectivity index (χ0v) is 13.1. The molecular formula is C17H17NO3S. The van der Waals surface area contributed by atoms with Crippen LogP contribution in [0.5, 0.6) is 0 Å². The molecule has 0 aliphatic heterocycles. The fourth-order valence-corrected chi connectivity index (χ4v) is 2.98. The van der Waals surface area contributed by atoms with Crippen LogP contribution in [0.2, 0.25) is 0 Å². The highest BCUT2D eigenvalue weighted by Crippen LogP contribution is 2.20. The van der Waals surface area contributed by atoms with Crippen LogP contribution in [0.1, 0.15) is 17.0 Å². The van der Waals surface area contributed by atoms with Gasteiger partial charge < -0.3 is 4.85 Å².